The van der Waals surface area contributed by atoms with Crippen molar-refractivity contribution in [3.05, 3.63) is 139 Å². The quantitative estimate of drug-likeness (QED) is 0.235. The smallest absolute Gasteiger partial charge is 0.270 e. The topological polar surface area (TPSA) is 101 Å². The van der Waals surface area contributed by atoms with Gasteiger partial charge in [-0.15, -0.1) is 5.10 Å². The third-order valence-electron chi connectivity index (χ3n) is 6.38. The van der Waals surface area contributed by atoms with Crippen molar-refractivity contribution in [1.82, 2.24) is 25.6 Å². The first-order valence-electron chi connectivity index (χ1n) is 12.7. The van der Waals surface area contributed by atoms with Crippen LogP contribution < -0.4 is 16.2 Å². The second-order valence-corrected chi connectivity index (χ2v) is 8.98. The number of nitrogens with one attached hydrogen (secondary N) is 3. The van der Waals surface area contributed by atoms with Gasteiger partial charge in [0.1, 0.15) is 0 Å². The fourth-order valence-corrected chi connectivity index (χ4v) is 4.46. The van der Waals surface area contributed by atoms with E-state index in [4.69, 9.17) is 10.1 Å². The Kier molecular flexibility index (Phi) is 6.71. The third-order valence-corrected chi connectivity index (χ3v) is 6.38. The van der Waals surface area contributed by atoms with Gasteiger partial charge < -0.3 is 5.32 Å². The molecule has 8 nitrogen and oxygen atoms in total. The van der Waals surface area contributed by atoms with Gasteiger partial charge >= 0.3 is 0 Å². The number of para-hydroxylation sites is 1. The summed E-state index contributed by atoms with van der Waals surface area (Å²) in [6.45, 7) is 0. The highest BCUT2D eigenvalue weighted by atomic mass is 16.2. The van der Waals surface area contributed by atoms with Crippen LogP contribution in [0.4, 0.5) is 11.6 Å². The highest BCUT2D eigenvalue weighted by Crippen LogP contribution is 2.30. The average Bonchev–Trinajstić information content (AvgIpc) is 3.45. The van der Waals surface area contributed by atoms with Crippen LogP contribution in [0, 0.1) is 0 Å². The fraction of sp³-hybridized carbons (Fsp3) is 0. The van der Waals surface area contributed by atoms with E-state index in [1.165, 1.54) is 0 Å². The number of benzene rings is 5. The summed E-state index contributed by atoms with van der Waals surface area (Å²) in [5, 5.41) is 9.62. The van der Waals surface area contributed by atoms with Crippen molar-refractivity contribution in [1.29, 1.82) is 0 Å². The van der Waals surface area contributed by atoms with Crippen LogP contribution in [0.25, 0.3) is 27.8 Å². The molecule has 194 valence electrons. The molecule has 0 saturated heterocycles. The van der Waals surface area contributed by atoms with E-state index in [-0.39, 0.29) is 0 Å². The summed E-state index contributed by atoms with van der Waals surface area (Å²) in [6.07, 6.45) is 0. The number of hydrazine groups is 1. The predicted octanol–water partition coefficient (Wildman–Crippen LogP) is 5.91. The lowest BCUT2D eigenvalue weighted by Gasteiger charge is -2.12. The molecule has 0 fully saturated rings. The second-order valence-electron chi connectivity index (χ2n) is 8.98. The highest BCUT2D eigenvalue weighted by molar-refractivity contribution is 6.11. The number of anilines is 2. The van der Waals surface area contributed by atoms with Crippen LogP contribution in [0.15, 0.2) is 127 Å². The first-order chi connectivity index (χ1) is 19.7. The van der Waals surface area contributed by atoms with Crippen molar-refractivity contribution in [3.8, 4) is 17.1 Å². The predicted molar refractivity (Wildman–Crippen MR) is 155 cm³/mol. The number of nitrogens with zero attached hydrogens (tertiary/aromatic N) is 3. The average molecular weight is 525 g/mol. The molecule has 0 aliphatic heterocycles. The minimum absolute atomic E-state index is 0.397. The number of aromatic nitrogens is 3. The maximum absolute atomic E-state index is 13.1. The Morgan fingerprint density at radius 3 is 1.93 bits per heavy atom. The van der Waals surface area contributed by atoms with Crippen LogP contribution in [0.2, 0.25) is 0 Å². The molecule has 8 heteroatoms. The Morgan fingerprint density at radius 2 is 1.20 bits per heavy atom. The Balaban J connectivity index is 1.30. The molecule has 5 aromatic carbocycles. The monoisotopic (exact) mass is 524 g/mol. The molecule has 1 heterocycles. The molecule has 0 atom stereocenters. The number of amides is 2. The molecule has 0 aliphatic carbocycles. The molecule has 0 bridgehead atoms. The summed E-state index contributed by atoms with van der Waals surface area (Å²) in [7, 11) is 0. The van der Waals surface area contributed by atoms with Crippen molar-refractivity contribution >= 4 is 34.2 Å². The van der Waals surface area contributed by atoms with Gasteiger partial charge in [-0.05, 0) is 41.8 Å². The van der Waals surface area contributed by atoms with Crippen molar-refractivity contribution < 1.29 is 9.59 Å². The van der Waals surface area contributed by atoms with Crippen LogP contribution in [0.3, 0.4) is 0 Å². The van der Waals surface area contributed by atoms with Gasteiger partial charge in [-0.1, -0.05) is 91.0 Å². The summed E-state index contributed by atoms with van der Waals surface area (Å²) in [4.78, 5) is 30.2. The summed E-state index contributed by atoms with van der Waals surface area (Å²) in [5.41, 5.74) is 8.42. The number of rotatable bonds is 6. The van der Waals surface area contributed by atoms with Crippen LogP contribution in [0.1, 0.15) is 20.7 Å². The third kappa shape index (κ3) is 5.01. The summed E-state index contributed by atoms with van der Waals surface area (Å²) < 4.78 is 1.80. The summed E-state index contributed by atoms with van der Waals surface area (Å²) >= 11 is 0. The van der Waals surface area contributed by atoms with Crippen LogP contribution in [-0.4, -0.2) is 26.6 Å². The molecule has 40 heavy (non-hydrogen) atoms. The van der Waals surface area contributed by atoms with Crippen molar-refractivity contribution in [3.63, 3.8) is 0 Å². The van der Waals surface area contributed by atoms with Crippen LogP contribution >= 0.6 is 0 Å². The summed E-state index contributed by atoms with van der Waals surface area (Å²) in [5.74, 6) is 0.291. The summed E-state index contributed by atoms with van der Waals surface area (Å²) in [6, 6.07) is 39.4. The molecule has 0 spiro atoms. The fourth-order valence-electron chi connectivity index (χ4n) is 4.46. The second kappa shape index (κ2) is 10.9. The van der Waals surface area contributed by atoms with E-state index in [9.17, 15) is 9.59 Å². The SMILES string of the molecule is O=C(NNC(=O)c1ccc(Nc2nc(-c3ccccc3)n(-c3ccccc3)n2)c2ccccc12)c1ccccc1. The van der Waals surface area contributed by atoms with E-state index in [1.54, 1.807) is 35.0 Å². The molecule has 0 unspecified atom stereocenters. The van der Waals surface area contributed by atoms with Gasteiger partial charge in [-0.2, -0.15) is 4.98 Å². The van der Waals surface area contributed by atoms with Gasteiger partial charge in [0, 0.05) is 27.8 Å². The standard InChI is InChI=1S/C32H24N6O2/c39-30(23-14-6-2-7-15-23)35-36-31(40)27-20-21-28(26-19-11-10-18-25(26)27)33-32-34-29(22-12-4-1-5-13-22)38(37-32)24-16-8-3-9-17-24/h1-21H,(H,33,37)(H,35,39)(H,36,40). The Bertz CT molecular complexity index is 1740. The Morgan fingerprint density at radius 1 is 0.600 bits per heavy atom. The molecule has 0 saturated carbocycles. The minimum Gasteiger partial charge on any atom is -0.322 e. The molecule has 6 aromatic rings. The maximum Gasteiger partial charge on any atom is 0.270 e. The van der Waals surface area contributed by atoms with E-state index < -0.39 is 11.8 Å². The Labute approximate surface area is 230 Å². The molecule has 6 rings (SSSR count). The van der Waals surface area contributed by atoms with Crippen LogP contribution in [-0.2, 0) is 0 Å². The zero-order valence-electron chi connectivity index (χ0n) is 21.3. The Hall–Kier alpha value is -5.76. The van der Waals surface area contributed by atoms with Crippen molar-refractivity contribution in [2.75, 3.05) is 5.32 Å². The molecule has 3 N–H and O–H groups in total. The van der Waals surface area contributed by atoms with Crippen molar-refractivity contribution in [2.45, 2.75) is 0 Å². The number of carbonyl (C=O) groups is 2. The van der Waals surface area contributed by atoms with E-state index in [2.05, 4.69) is 16.2 Å². The maximum atomic E-state index is 13.1. The highest BCUT2D eigenvalue weighted by Gasteiger charge is 2.17. The van der Waals surface area contributed by atoms with Crippen molar-refractivity contribution in [2.24, 2.45) is 0 Å². The van der Waals surface area contributed by atoms with Gasteiger partial charge in [0.25, 0.3) is 11.8 Å². The van der Waals surface area contributed by atoms with E-state index in [1.807, 2.05) is 97.1 Å². The van der Waals surface area contributed by atoms with Gasteiger partial charge in [0.15, 0.2) is 5.82 Å². The molecule has 1 aromatic heterocycles. The zero-order chi connectivity index (χ0) is 27.3. The number of hydrogen-bond donors (Lipinski definition) is 3. The lowest BCUT2D eigenvalue weighted by atomic mass is 10.0. The zero-order valence-corrected chi connectivity index (χ0v) is 21.3. The molecular weight excluding hydrogens is 500 g/mol. The lowest BCUT2D eigenvalue weighted by molar-refractivity contribution is 0.0847. The largest absolute Gasteiger partial charge is 0.322 e. The molecule has 0 radical (unpaired) electrons. The van der Waals surface area contributed by atoms with Gasteiger partial charge in [0.05, 0.1) is 5.69 Å². The normalized spacial score (nSPS) is 10.7. The van der Waals surface area contributed by atoms with Crippen LogP contribution in [0.5, 0.6) is 0 Å². The van der Waals surface area contributed by atoms with Gasteiger partial charge in [-0.3, -0.25) is 20.4 Å². The number of hydrogen-bond acceptors (Lipinski definition) is 5. The first kappa shape index (κ1) is 24.6. The molecule has 2 amide bonds. The molecular formula is C32H24N6O2. The van der Waals surface area contributed by atoms with Gasteiger partial charge in [-0.25, -0.2) is 4.68 Å². The van der Waals surface area contributed by atoms with Gasteiger partial charge in [0.2, 0.25) is 5.95 Å². The lowest BCUT2D eigenvalue weighted by Crippen LogP contribution is -2.41. The minimum atomic E-state index is -0.426. The first-order valence-corrected chi connectivity index (χ1v) is 12.7. The van der Waals surface area contributed by atoms with E-state index in [0.717, 1.165) is 22.3 Å². The van der Waals surface area contributed by atoms with E-state index in [0.29, 0.717) is 28.3 Å². The number of fused-ring (bicyclic) bond motifs is 1. The molecule has 0 aliphatic rings. The number of carbonyl (C=O) groups excluding carboxylic acids is 2. The van der Waals surface area contributed by atoms with E-state index >= 15 is 0 Å².